The first-order valence-corrected chi connectivity index (χ1v) is 7.78. The summed E-state index contributed by atoms with van der Waals surface area (Å²) < 4.78 is 22.6. The van der Waals surface area contributed by atoms with Crippen LogP contribution in [0.25, 0.3) is 0 Å². The molecular weight excluding hydrogens is 276 g/mol. The van der Waals surface area contributed by atoms with Gasteiger partial charge in [-0.3, -0.25) is 0 Å². The number of rotatable bonds is 4. The monoisotopic (exact) mass is 302 g/mol. The highest BCUT2D eigenvalue weighted by Gasteiger charge is 2.72. The second kappa shape index (κ2) is 5.44. The summed E-state index contributed by atoms with van der Waals surface area (Å²) in [7, 11) is 3.22. The van der Waals surface area contributed by atoms with Crippen molar-refractivity contribution < 1.29 is 29.2 Å². The Morgan fingerprint density at radius 1 is 0.905 bits per heavy atom. The van der Waals surface area contributed by atoms with E-state index in [0.717, 1.165) is 12.8 Å². The quantitative estimate of drug-likeness (QED) is 0.791. The van der Waals surface area contributed by atoms with Crippen LogP contribution >= 0.6 is 0 Å². The molecule has 0 amide bonds. The summed E-state index contributed by atoms with van der Waals surface area (Å²) in [6.07, 6.45) is 3.33. The van der Waals surface area contributed by atoms with Crippen molar-refractivity contribution in [2.75, 3.05) is 27.4 Å². The van der Waals surface area contributed by atoms with Gasteiger partial charge >= 0.3 is 0 Å². The average molecular weight is 302 g/mol. The van der Waals surface area contributed by atoms with Gasteiger partial charge in [0.25, 0.3) is 0 Å². The Kier molecular flexibility index (Phi) is 4.05. The van der Waals surface area contributed by atoms with Crippen LogP contribution in [-0.4, -0.2) is 66.8 Å². The van der Waals surface area contributed by atoms with Crippen molar-refractivity contribution in [3.63, 3.8) is 0 Å². The van der Waals surface area contributed by atoms with Gasteiger partial charge in [0, 0.05) is 20.6 Å². The number of ether oxygens (including phenoxy) is 4. The average Bonchev–Trinajstić information content (AvgIpc) is 2.91. The fourth-order valence-electron chi connectivity index (χ4n) is 4.29. The van der Waals surface area contributed by atoms with Gasteiger partial charge in [-0.25, -0.2) is 0 Å². The zero-order valence-corrected chi connectivity index (χ0v) is 12.8. The van der Waals surface area contributed by atoms with E-state index in [0.29, 0.717) is 38.9 Å². The maximum absolute atomic E-state index is 11.2. The summed E-state index contributed by atoms with van der Waals surface area (Å²) in [5.74, 6) is -1.13. The van der Waals surface area contributed by atoms with Crippen LogP contribution in [0.4, 0.5) is 0 Å². The van der Waals surface area contributed by atoms with Crippen molar-refractivity contribution in [2.24, 2.45) is 0 Å². The number of methoxy groups -OCH3 is 2. The van der Waals surface area contributed by atoms with Crippen LogP contribution in [-0.2, 0) is 18.9 Å². The molecule has 1 saturated heterocycles. The van der Waals surface area contributed by atoms with Gasteiger partial charge < -0.3 is 29.2 Å². The van der Waals surface area contributed by atoms with E-state index in [1.54, 1.807) is 14.2 Å². The van der Waals surface area contributed by atoms with Gasteiger partial charge in [-0.15, -0.1) is 0 Å². The number of hydrogen-bond donors (Lipinski definition) is 2. The van der Waals surface area contributed by atoms with Crippen LogP contribution in [0, 0.1) is 0 Å². The molecule has 21 heavy (non-hydrogen) atoms. The van der Waals surface area contributed by atoms with Gasteiger partial charge in [-0.2, -0.15) is 0 Å². The highest BCUT2D eigenvalue weighted by molar-refractivity contribution is 5.18. The molecule has 4 atom stereocenters. The van der Waals surface area contributed by atoms with Gasteiger partial charge in [0.05, 0.1) is 18.8 Å². The van der Waals surface area contributed by atoms with E-state index >= 15 is 0 Å². The fourth-order valence-corrected chi connectivity index (χ4v) is 4.29. The van der Waals surface area contributed by atoms with E-state index in [2.05, 4.69) is 0 Å². The van der Waals surface area contributed by atoms with Crippen molar-refractivity contribution in [3.8, 4) is 0 Å². The largest absolute Gasteiger partial charge is 0.387 e. The van der Waals surface area contributed by atoms with Crippen molar-refractivity contribution in [3.05, 3.63) is 0 Å². The Bertz CT molecular complexity index is 374. The lowest BCUT2D eigenvalue weighted by Gasteiger charge is -2.48. The molecule has 0 aromatic carbocycles. The van der Waals surface area contributed by atoms with E-state index in [9.17, 15) is 10.2 Å². The minimum atomic E-state index is -1.34. The molecule has 3 aliphatic rings. The molecule has 2 saturated carbocycles. The molecule has 0 aromatic heterocycles. The van der Waals surface area contributed by atoms with Crippen LogP contribution in [0.15, 0.2) is 0 Å². The summed E-state index contributed by atoms with van der Waals surface area (Å²) in [5, 5.41) is 22.1. The van der Waals surface area contributed by atoms with Gasteiger partial charge in [0.15, 0.2) is 0 Å². The molecule has 2 aliphatic carbocycles. The lowest BCUT2D eigenvalue weighted by Crippen LogP contribution is -2.64. The minimum Gasteiger partial charge on any atom is -0.387 e. The van der Waals surface area contributed by atoms with Crippen LogP contribution in [0.2, 0.25) is 0 Å². The van der Waals surface area contributed by atoms with Crippen molar-refractivity contribution in [1.29, 1.82) is 0 Å². The Morgan fingerprint density at radius 2 is 1.48 bits per heavy atom. The van der Waals surface area contributed by atoms with Crippen LogP contribution in [0.3, 0.4) is 0 Å². The first-order chi connectivity index (χ1) is 10.0. The predicted octanol–water partition coefficient (Wildman–Crippen LogP) is 0.589. The van der Waals surface area contributed by atoms with Crippen LogP contribution in [0.5, 0.6) is 0 Å². The molecule has 3 rings (SSSR count). The van der Waals surface area contributed by atoms with Crippen LogP contribution in [0.1, 0.15) is 38.5 Å². The molecule has 2 unspecified atom stereocenters. The highest BCUT2D eigenvalue weighted by atomic mass is 16.8. The second-order valence-electron chi connectivity index (χ2n) is 6.58. The molecule has 0 aromatic rings. The number of hydrogen-bond acceptors (Lipinski definition) is 6. The molecular formula is C15H26O6. The molecule has 1 aliphatic heterocycles. The third-order valence-electron chi connectivity index (χ3n) is 5.41. The minimum absolute atomic E-state index is 0.289. The summed E-state index contributed by atoms with van der Waals surface area (Å²) in [6.45, 7) is 0.759. The first kappa shape index (κ1) is 15.6. The molecule has 122 valence electrons. The van der Waals surface area contributed by atoms with Crippen LogP contribution < -0.4 is 0 Å². The molecule has 0 bridgehead atoms. The topological polar surface area (TPSA) is 77.4 Å². The van der Waals surface area contributed by atoms with Crippen molar-refractivity contribution in [1.82, 2.24) is 0 Å². The highest BCUT2D eigenvalue weighted by Crippen LogP contribution is 2.58. The lowest BCUT2D eigenvalue weighted by atomic mass is 9.72. The van der Waals surface area contributed by atoms with E-state index in [1.165, 1.54) is 0 Å². The SMILES string of the molecule is COC[C@@H]1OC2(CCC3(O)CCCCC32O)O[C@H]1COC. The predicted molar refractivity (Wildman–Crippen MR) is 73.8 cm³/mol. The Labute approximate surface area is 125 Å². The number of aliphatic hydroxyl groups is 2. The summed E-state index contributed by atoms with van der Waals surface area (Å²) in [5.41, 5.74) is -2.45. The molecule has 3 fully saturated rings. The van der Waals surface area contributed by atoms with Gasteiger partial charge in [-0.1, -0.05) is 12.8 Å². The van der Waals surface area contributed by atoms with E-state index in [4.69, 9.17) is 18.9 Å². The third kappa shape index (κ3) is 2.16. The Morgan fingerprint density at radius 3 is 2.05 bits per heavy atom. The standard InChI is InChI=1S/C15H26O6/c1-18-9-11-12(10-19-2)21-15(20-11)8-7-13(16)5-3-4-6-14(13,15)17/h11-12,16-17H,3-10H2,1-2H3/t11-,12-,13?,14?/m0/s1. The number of fused-ring (bicyclic) bond motifs is 2. The molecule has 1 spiro atoms. The van der Waals surface area contributed by atoms with Crippen molar-refractivity contribution in [2.45, 2.75) is 67.7 Å². The maximum atomic E-state index is 11.2. The Balaban J connectivity index is 1.87. The molecule has 6 nitrogen and oxygen atoms in total. The second-order valence-corrected chi connectivity index (χ2v) is 6.58. The molecule has 0 radical (unpaired) electrons. The zero-order chi connectivity index (χ0) is 15.1. The Hall–Kier alpha value is -0.240. The fraction of sp³-hybridized carbons (Fsp3) is 1.00. The summed E-state index contributed by atoms with van der Waals surface area (Å²) in [6, 6.07) is 0. The third-order valence-corrected chi connectivity index (χ3v) is 5.41. The zero-order valence-electron chi connectivity index (χ0n) is 12.8. The smallest absolute Gasteiger partial charge is 0.201 e. The maximum Gasteiger partial charge on any atom is 0.201 e. The van der Waals surface area contributed by atoms with Gasteiger partial charge in [-0.05, 0) is 19.3 Å². The van der Waals surface area contributed by atoms with E-state index < -0.39 is 17.0 Å². The van der Waals surface area contributed by atoms with Crippen molar-refractivity contribution >= 4 is 0 Å². The molecule has 6 heteroatoms. The van der Waals surface area contributed by atoms with E-state index in [-0.39, 0.29) is 12.2 Å². The molecule has 1 heterocycles. The summed E-state index contributed by atoms with van der Waals surface area (Å²) >= 11 is 0. The normalized spacial score (nSPS) is 45.1. The summed E-state index contributed by atoms with van der Waals surface area (Å²) in [4.78, 5) is 0. The van der Waals surface area contributed by atoms with E-state index in [1.807, 2.05) is 0 Å². The first-order valence-electron chi connectivity index (χ1n) is 7.78. The lowest BCUT2D eigenvalue weighted by molar-refractivity contribution is -0.309. The van der Waals surface area contributed by atoms with Gasteiger partial charge in [0.1, 0.15) is 17.8 Å². The molecule has 2 N–H and O–H groups in total. The van der Waals surface area contributed by atoms with Gasteiger partial charge in [0.2, 0.25) is 5.79 Å².